The molecule has 0 fully saturated rings. The van der Waals surface area contributed by atoms with E-state index in [-0.39, 0.29) is 37.5 Å². The summed E-state index contributed by atoms with van der Waals surface area (Å²) in [7, 11) is 0. The summed E-state index contributed by atoms with van der Waals surface area (Å²) in [6, 6.07) is 0. The van der Waals surface area contributed by atoms with E-state index in [1.54, 1.807) is 0 Å². The van der Waals surface area contributed by atoms with Crippen LogP contribution in [-0.2, 0) is 28.6 Å². The third-order valence-electron chi connectivity index (χ3n) is 16.0. The first-order valence-electron chi connectivity index (χ1n) is 35.9. The molecule has 6 heteroatoms. The van der Waals surface area contributed by atoms with Crippen molar-refractivity contribution < 1.29 is 28.6 Å². The van der Waals surface area contributed by atoms with Gasteiger partial charge in [-0.05, 0) is 77.0 Å². The Balaban J connectivity index is 4.16. The Morgan fingerprint density at radius 2 is 0.500 bits per heavy atom. The Hall–Kier alpha value is -3.15. The second-order valence-electron chi connectivity index (χ2n) is 24.1. The smallest absolute Gasteiger partial charge is 0.306 e. The Kier molecular flexibility index (Phi) is 67.6. The molecule has 1 unspecified atom stereocenters. The molecule has 0 bridgehead atoms. The lowest BCUT2D eigenvalue weighted by molar-refractivity contribution is -0.166. The van der Waals surface area contributed by atoms with E-state index in [0.717, 1.165) is 70.6 Å². The summed E-state index contributed by atoms with van der Waals surface area (Å²) in [4.78, 5) is 38.3. The molecule has 0 heterocycles. The number of unbranched alkanes of at least 4 members (excludes halogenated alkanes) is 43. The maximum absolute atomic E-state index is 12.9. The molecule has 0 saturated carbocycles. The Labute approximate surface area is 510 Å². The highest BCUT2D eigenvalue weighted by molar-refractivity contribution is 5.71. The van der Waals surface area contributed by atoms with E-state index in [2.05, 4.69) is 87.6 Å². The molecule has 0 aliphatic carbocycles. The zero-order valence-corrected chi connectivity index (χ0v) is 54.8. The van der Waals surface area contributed by atoms with Gasteiger partial charge in [0.15, 0.2) is 6.10 Å². The van der Waals surface area contributed by atoms with Gasteiger partial charge < -0.3 is 14.2 Å². The van der Waals surface area contributed by atoms with Crippen molar-refractivity contribution in [1.29, 1.82) is 0 Å². The molecular formula is C76H136O6. The number of hydrogen-bond acceptors (Lipinski definition) is 6. The van der Waals surface area contributed by atoms with Crippen molar-refractivity contribution in [2.45, 2.75) is 380 Å². The van der Waals surface area contributed by atoms with Crippen LogP contribution < -0.4 is 0 Å². The van der Waals surface area contributed by atoms with Crippen molar-refractivity contribution in [1.82, 2.24) is 0 Å². The molecule has 0 N–H and O–H groups in total. The maximum Gasteiger partial charge on any atom is 0.306 e. The number of esters is 3. The third-order valence-corrected chi connectivity index (χ3v) is 16.0. The first-order valence-corrected chi connectivity index (χ1v) is 35.9. The maximum atomic E-state index is 12.9. The third kappa shape index (κ3) is 67.6. The van der Waals surface area contributed by atoms with Gasteiger partial charge in [0.1, 0.15) is 13.2 Å². The highest BCUT2D eigenvalue weighted by Gasteiger charge is 2.19. The van der Waals surface area contributed by atoms with E-state index in [9.17, 15) is 14.4 Å². The SMILES string of the molecule is CC/C=C\C/C=C\C/C=C\C/C=C\CCC(=O)OCC(COC(=O)CCCCCCCCCCCCCCCCCCCCCCC/C=C\C/C=C\CCCCCCC)OC(=O)CCCCCCCCCCCCCCCCCCCC. The molecule has 0 spiro atoms. The van der Waals surface area contributed by atoms with Crippen LogP contribution in [0.4, 0.5) is 0 Å². The van der Waals surface area contributed by atoms with E-state index in [1.165, 1.54) is 257 Å². The molecule has 0 radical (unpaired) electrons. The number of ether oxygens (including phenoxy) is 3. The second kappa shape index (κ2) is 70.3. The number of carbonyl (C=O) groups excluding carboxylic acids is 3. The van der Waals surface area contributed by atoms with Gasteiger partial charge in [-0.1, -0.05) is 351 Å². The summed E-state index contributed by atoms with van der Waals surface area (Å²) in [5.74, 6) is -0.955. The summed E-state index contributed by atoms with van der Waals surface area (Å²) in [6.07, 6.45) is 92.6. The highest BCUT2D eigenvalue weighted by Crippen LogP contribution is 2.18. The summed E-state index contributed by atoms with van der Waals surface area (Å²) in [5, 5.41) is 0. The number of carbonyl (C=O) groups is 3. The topological polar surface area (TPSA) is 78.9 Å². The van der Waals surface area contributed by atoms with E-state index in [0.29, 0.717) is 19.3 Å². The van der Waals surface area contributed by atoms with Crippen molar-refractivity contribution in [3.63, 3.8) is 0 Å². The summed E-state index contributed by atoms with van der Waals surface area (Å²) in [5.41, 5.74) is 0. The minimum atomic E-state index is -0.802. The normalized spacial score (nSPS) is 12.5. The lowest BCUT2D eigenvalue weighted by Gasteiger charge is -2.18. The van der Waals surface area contributed by atoms with Crippen LogP contribution >= 0.6 is 0 Å². The number of allylic oxidation sites excluding steroid dienone is 12. The summed E-state index contributed by atoms with van der Waals surface area (Å²) < 4.78 is 16.9. The van der Waals surface area contributed by atoms with E-state index in [4.69, 9.17) is 14.2 Å². The van der Waals surface area contributed by atoms with Crippen molar-refractivity contribution in [2.75, 3.05) is 13.2 Å². The van der Waals surface area contributed by atoms with Gasteiger partial charge in [-0.3, -0.25) is 14.4 Å². The van der Waals surface area contributed by atoms with Crippen molar-refractivity contribution >= 4 is 17.9 Å². The van der Waals surface area contributed by atoms with Gasteiger partial charge in [0.25, 0.3) is 0 Å². The molecule has 0 aromatic carbocycles. The Morgan fingerprint density at radius 3 is 0.817 bits per heavy atom. The highest BCUT2D eigenvalue weighted by atomic mass is 16.6. The molecule has 0 aliphatic heterocycles. The van der Waals surface area contributed by atoms with Gasteiger partial charge in [-0.25, -0.2) is 0 Å². The predicted molar refractivity (Wildman–Crippen MR) is 358 cm³/mol. The monoisotopic (exact) mass is 1150 g/mol. The molecule has 0 rings (SSSR count). The van der Waals surface area contributed by atoms with Gasteiger partial charge in [-0.15, -0.1) is 0 Å². The molecular weight excluding hydrogens is 1010 g/mol. The molecule has 0 aromatic heterocycles. The predicted octanol–water partition coefficient (Wildman–Crippen LogP) is 24.8. The second-order valence-corrected chi connectivity index (χ2v) is 24.1. The van der Waals surface area contributed by atoms with Crippen molar-refractivity contribution in [3.8, 4) is 0 Å². The first kappa shape index (κ1) is 78.8. The van der Waals surface area contributed by atoms with E-state index >= 15 is 0 Å². The standard InChI is InChI=1S/C76H136O6/c1-4-7-10-13-16-19-22-25-27-29-31-32-33-34-35-36-37-38-39-40-41-42-43-44-45-47-48-51-54-57-60-63-66-69-75(78)81-72-73(71-80-74(77)68-65-62-59-56-53-50-24-21-18-15-12-9-6-3)82-76(79)70-67-64-61-58-55-52-49-46-30-28-26-23-20-17-14-11-8-5-2/h9,12,18,21-22,25,29,31,50,53,59,62,73H,4-8,10-11,13-17,19-20,23-24,26-28,30,32-49,51-52,54-58,60-61,63-72H2,1-3H3/b12-9-,21-18-,25-22-,31-29-,53-50-,62-59-. The van der Waals surface area contributed by atoms with Crippen LogP contribution in [0.2, 0.25) is 0 Å². The molecule has 1 atom stereocenters. The summed E-state index contributed by atoms with van der Waals surface area (Å²) in [6.45, 7) is 6.51. The van der Waals surface area contributed by atoms with Gasteiger partial charge in [0, 0.05) is 19.3 Å². The van der Waals surface area contributed by atoms with Crippen LogP contribution in [0.1, 0.15) is 374 Å². The van der Waals surface area contributed by atoms with Crippen LogP contribution in [0.5, 0.6) is 0 Å². The van der Waals surface area contributed by atoms with Crippen LogP contribution in [0, 0.1) is 0 Å². The minimum absolute atomic E-state index is 0.0922. The van der Waals surface area contributed by atoms with E-state index < -0.39 is 6.10 Å². The average molecular weight is 1150 g/mol. The van der Waals surface area contributed by atoms with Crippen LogP contribution in [0.15, 0.2) is 72.9 Å². The fourth-order valence-corrected chi connectivity index (χ4v) is 10.6. The fraction of sp³-hybridized carbons (Fsp3) is 0.803. The van der Waals surface area contributed by atoms with Crippen molar-refractivity contribution in [2.24, 2.45) is 0 Å². The zero-order chi connectivity index (χ0) is 59.2. The molecule has 6 nitrogen and oxygen atoms in total. The van der Waals surface area contributed by atoms with Crippen molar-refractivity contribution in [3.05, 3.63) is 72.9 Å². The lowest BCUT2D eigenvalue weighted by Crippen LogP contribution is -2.30. The van der Waals surface area contributed by atoms with Gasteiger partial charge in [-0.2, -0.15) is 0 Å². The van der Waals surface area contributed by atoms with Crippen LogP contribution in [0.3, 0.4) is 0 Å². The number of rotatable bonds is 66. The lowest BCUT2D eigenvalue weighted by atomic mass is 10.0. The molecule has 82 heavy (non-hydrogen) atoms. The van der Waals surface area contributed by atoms with Gasteiger partial charge in [0.05, 0.1) is 0 Å². The number of hydrogen-bond donors (Lipinski definition) is 0. The van der Waals surface area contributed by atoms with Crippen LogP contribution in [-0.4, -0.2) is 37.2 Å². The molecule has 476 valence electrons. The molecule has 0 amide bonds. The molecule has 0 saturated heterocycles. The van der Waals surface area contributed by atoms with Crippen LogP contribution in [0.25, 0.3) is 0 Å². The molecule has 0 aliphatic rings. The largest absolute Gasteiger partial charge is 0.462 e. The first-order chi connectivity index (χ1) is 40.5. The molecule has 0 aromatic rings. The zero-order valence-electron chi connectivity index (χ0n) is 54.8. The van der Waals surface area contributed by atoms with E-state index in [1.807, 2.05) is 6.08 Å². The Morgan fingerprint density at radius 1 is 0.256 bits per heavy atom. The van der Waals surface area contributed by atoms with Gasteiger partial charge in [0.2, 0.25) is 0 Å². The average Bonchev–Trinajstić information content (AvgIpc) is 3.47. The Bertz CT molecular complexity index is 1500. The fourth-order valence-electron chi connectivity index (χ4n) is 10.6. The quantitative estimate of drug-likeness (QED) is 0.0261. The van der Waals surface area contributed by atoms with Gasteiger partial charge >= 0.3 is 17.9 Å². The minimum Gasteiger partial charge on any atom is -0.462 e. The summed E-state index contributed by atoms with van der Waals surface area (Å²) >= 11 is 0.